The van der Waals surface area contributed by atoms with Crippen LogP contribution in [0.25, 0.3) is 22.4 Å². The number of aromatic nitrogens is 2. The van der Waals surface area contributed by atoms with E-state index >= 15 is 0 Å². The van der Waals surface area contributed by atoms with Gasteiger partial charge in [0.2, 0.25) is 0 Å². The van der Waals surface area contributed by atoms with E-state index in [0.717, 1.165) is 17.9 Å². The summed E-state index contributed by atoms with van der Waals surface area (Å²) in [5.41, 5.74) is 4.97. The molecule has 0 aliphatic carbocycles. The molecule has 0 saturated heterocycles. The van der Waals surface area contributed by atoms with Gasteiger partial charge in [0.1, 0.15) is 5.82 Å². The van der Waals surface area contributed by atoms with Crippen LogP contribution in [0.2, 0.25) is 0 Å². The van der Waals surface area contributed by atoms with Crippen LogP contribution < -0.4 is 0 Å². The Morgan fingerprint density at radius 3 is 2.65 bits per heavy atom. The number of hydrogen-bond acceptors (Lipinski definition) is 1. The Kier molecular flexibility index (Phi) is 2.20. The van der Waals surface area contributed by atoms with Gasteiger partial charge in [0, 0.05) is 5.56 Å². The van der Waals surface area contributed by atoms with Crippen LogP contribution in [-0.2, 0) is 6.54 Å². The van der Waals surface area contributed by atoms with Gasteiger partial charge in [-0.2, -0.15) is 0 Å². The molecule has 0 spiro atoms. The van der Waals surface area contributed by atoms with Crippen molar-refractivity contribution in [3.05, 3.63) is 54.1 Å². The standard InChI is InChI=1S/C14H10N2.ClH/c1-2-6-11-10(5-1)9-16-13-8-4-3-7-12(13)15-14(11)16;/h1-8H,9H2;1H. The predicted molar refractivity (Wildman–Crippen MR) is 71.5 cm³/mol. The summed E-state index contributed by atoms with van der Waals surface area (Å²) in [5, 5.41) is 0. The zero-order valence-electron chi connectivity index (χ0n) is 9.13. The van der Waals surface area contributed by atoms with Crippen molar-refractivity contribution in [2.45, 2.75) is 6.54 Å². The largest absolute Gasteiger partial charge is 0.319 e. The first-order valence-corrected chi connectivity index (χ1v) is 5.47. The molecule has 0 atom stereocenters. The van der Waals surface area contributed by atoms with Crippen molar-refractivity contribution >= 4 is 23.4 Å². The van der Waals surface area contributed by atoms with Crippen molar-refractivity contribution in [1.82, 2.24) is 9.55 Å². The molecule has 1 aromatic heterocycles. The Balaban J connectivity index is 0.000000902. The second-order valence-corrected chi connectivity index (χ2v) is 4.17. The summed E-state index contributed by atoms with van der Waals surface area (Å²) in [7, 11) is 0. The van der Waals surface area contributed by atoms with Gasteiger partial charge in [0.05, 0.1) is 17.6 Å². The molecule has 0 radical (unpaired) electrons. The first-order chi connectivity index (χ1) is 7.93. The summed E-state index contributed by atoms with van der Waals surface area (Å²) in [6.07, 6.45) is 0. The molecular formula is C14H11ClN2. The summed E-state index contributed by atoms with van der Waals surface area (Å²) < 4.78 is 2.29. The van der Waals surface area contributed by atoms with E-state index in [1.807, 2.05) is 6.07 Å². The van der Waals surface area contributed by atoms with Crippen molar-refractivity contribution in [1.29, 1.82) is 0 Å². The Morgan fingerprint density at radius 1 is 0.941 bits per heavy atom. The number of fused-ring (bicyclic) bond motifs is 5. The Bertz CT molecular complexity index is 700. The molecule has 0 fully saturated rings. The van der Waals surface area contributed by atoms with Gasteiger partial charge in [-0.25, -0.2) is 4.98 Å². The van der Waals surface area contributed by atoms with Gasteiger partial charge in [-0.05, 0) is 17.7 Å². The number of hydrogen-bond donors (Lipinski definition) is 0. The Morgan fingerprint density at radius 2 is 1.71 bits per heavy atom. The van der Waals surface area contributed by atoms with Gasteiger partial charge in [-0.1, -0.05) is 36.4 Å². The molecule has 0 bridgehead atoms. The molecule has 0 amide bonds. The number of benzene rings is 2. The lowest BCUT2D eigenvalue weighted by atomic mass is 10.1. The lowest BCUT2D eigenvalue weighted by Crippen LogP contribution is -1.91. The summed E-state index contributed by atoms with van der Waals surface area (Å²) in [5.74, 6) is 1.11. The maximum Gasteiger partial charge on any atom is 0.141 e. The second kappa shape index (κ2) is 3.60. The third-order valence-corrected chi connectivity index (χ3v) is 3.24. The Labute approximate surface area is 105 Å². The molecule has 1 aliphatic rings. The maximum atomic E-state index is 4.70. The van der Waals surface area contributed by atoms with E-state index in [1.54, 1.807) is 0 Å². The third-order valence-electron chi connectivity index (χ3n) is 3.24. The highest BCUT2D eigenvalue weighted by Gasteiger charge is 2.21. The summed E-state index contributed by atoms with van der Waals surface area (Å²) in [6.45, 7) is 0.950. The number of halogens is 1. The van der Waals surface area contributed by atoms with E-state index in [1.165, 1.54) is 16.6 Å². The molecule has 4 rings (SSSR count). The van der Waals surface area contributed by atoms with Gasteiger partial charge in [-0.15, -0.1) is 12.4 Å². The van der Waals surface area contributed by atoms with E-state index in [4.69, 9.17) is 4.98 Å². The first kappa shape index (κ1) is 10.4. The fraction of sp³-hybridized carbons (Fsp3) is 0.0714. The van der Waals surface area contributed by atoms with Crippen LogP contribution in [0.4, 0.5) is 0 Å². The minimum absolute atomic E-state index is 0. The molecule has 3 heteroatoms. The summed E-state index contributed by atoms with van der Waals surface area (Å²) in [4.78, 5) is 4.70. The van der Waals surface area contributed by atoms with Gasteiger partial charge in [0.15, 0.2) is 0 Å². The highest BCUT2D eigenvalue weighted by molar-refractivity contribution is 5.85. The van der Waals surface area contributed by atoms with Crippen molar-refractivity contribution < 1.29 is 0 Å². The number of para-hydroxylation sites is 2. The van der Waals surface area contributed by atoms with Crippen LogP contribution in [0.3, 0.4) is 0 Å². The Hall–Kier alpha value is -1.80. The van der Waals surface area contributed by atoms with Crippen LogP contribution in [0.15, 0.2) is 48.5 Å². The molecule has 2 nitrogen and oxygen atoms in total. The van der Waals surface area contributed by atoms with Crippen LogP contribution in [0, 0.1) is 0 Å². The summed E-state index contributed by atoms with van der Waals surface area (Å²) >= 11 is 0. The summed E-state index contributed by atoms with van der Waals surface area (Å²) in [6, 6.07) is 16.8. The van der Waals surface area contributed by atoms with Gasteiger partial charge in [-0.3, -0.25) is 0 Å². The minimum atomic E-state index is 0. The van der Waals surface area contributed by atoms with Gasteiger partial charge < -0.3 is 4.57 Å². The van der Waals surface area contributed by atoms with Crippen LogP contribution in [0.1, 0.15) is 5.56 Å². The molecule has 1 aliphatic heterocycles. The van der Waals surface area contributed by atoms with E-state index in [9.17, 15) is 0 Å². The minimum Gasteiger partial charge on any atom is -0.319 e. The third kappa shape index (κ3) is 1.31. The van der Waals surface area contributed by atoms with Crippen molar-refractivity contribution in [3.63, 3.8) is 0 Å². The van der Waals surface area contributed by atoms with E-state index in [0.29, 0.717) is 0 Å². The monoisotopic (exact) mass is 242 g/mol. The van der Waals surface area contributed by atoms with Crippen molar-refractivity contribution in [2.24, 2.45) is 0 Å². The number of imidazole rings is 1. The second-order valence-electron chi connectivity index (χ2n) is 4.17. The highest BCUT2D eigenvalue weighted by atomic mass is 35.5. The molecule has 0 unspecified atom stereocenters. The molecule has 2 heterocycles. The lowest BCUT2D eigenvalue weighted by Gasteiger charge is -1.97. The van der Waals surface area contributed by atoms with Crippen LogP contribution in [0.5, 0.6) is 0 Å². The fourth-order valence-corrected chi connectivity index (χ4v) is 2.49. The van der Waals surface area contributed by atoms with E-state index in [2.05, 4.69) is 47.0 Å². The molecule has 0 N–H and O–H groups in total. The van der Waals surface area contributed by atoms with Crippen molar-refractivity contribution in [3.8, 4) is 11.4 Å². The maximum absolute atomic E-state index is 4.70. The van der Waals surface area contributed by atoms with Gasteiger partial charge in [0.25, 0.3) is 0 Å². The molecular weight excluding hydrogens is 232 g/mol. The molecule has 2 aromatic carbocycles. The molecule has 84 valence electrons. The number of nitrogens with zero attached hydrogens (tertiary/aromatic N) is 2. The smallest absolute Gasteiger partial charge is 0.141 e. The fourth-order valence-electron chi connectivity index (χ4n) is 2.49. The lowest BCUT2D eigenvalue weighted by molar-refractivity contribution is 0.879. The quantitative estimate of drug-likeness (QED) is 0.462. The SMILES string of the molecule is Cl.c1ccc2c(c1)Cn1c-2nc2ccccc21. The zero-order chi connectivity index (χ0) is 10.5. The highest BCUT2D eigenvalue weighted by Crippen LogP contribution is 2.33. The zero-order valence-corrected chi connectivity index (χ0v) is 9.95. The average molecular weight is 243 g/mol. The van der Waals surface area contributed by atoms with E-state index < -0.39 is 0 Å². The average Bonchev–Trinajstić information content (AvgIpc) is 2.85. The molecule has 0 saturated carbocycles. The topological polar surface area (TPSA) is 17.8 Å². The van der Waals surface area contributed by atoms with Crippen molar-refractivity contribution in [2.75, 3.05) is 0 Å². The van der Waals surface area contributed by atoms with Gasteiger partial charge >= 0.3 is 0 Å². The molecule has 17 heavy (non-hydrogen) atoms. The van der Waals surface area contributed by atoms with Crippen LogP contribution in [-0.4, -0.2) is 9.55 Å². The number of rotatable bonds is 0. The van der Waals surface area contributed by atoms with Crippen LogP contribution >= 0.6 is 12.4 Å². The normalized spacial score (nSPS) is 12.0. The van der Waals surface area contributed by atoms with E-state index in [-0.39, 0.29) is 12.4 Å². The predicted octanol–water partition coefficient (Wildman–Crippen LogP) is 3.49. The first-order valence-electron chi connectivity index (χ1n) is 5.47. The molecule has 3 aromatic rings.